The molecule has 0 radical (unpaired) electrons. The third-order valence-electron chi connectivity index (χ3n) is 3.64. The smallest absolute Gasteiger partial charge is 0.243 e. The number of nitrogens with zero attached hydrogens (tertiary/aromatic N) is 4. The van der Waals surface area contributed by atoms with Crippen LogP contribution in [-0.2, 0) is 4.74 Å². The van der Waals surface area contributed by atoms with Gasteiger partial charge in [-0.05, 0) is 25.1 Å². The van der Waals surface area contributed by atoms with E-state index in [1.807, 2.05) is 25.3 Å². The van der Waals surface area contributed by atoms with Crippen LogP contribution in [0.5, 0.6) is 0 Å². The van der Waals surface area contributed by atoms with Gasteiger partial charge in [-0.15, -0.1) is 5.10 Å². The van der Waals surface area contributed by atoms with Crippen molar-refractivity contribution in [2.45, 2.75) is 20.0 Å². The average molecular weight is 275 g/mol. The molecule has 0 bridgehead atoms. The lowest BCUT2D eigenvalue weighted by Crippen LogP contribution is -2.45. The van der Waals surface area contributed by atoms with E-state index in [1.165, 1.54) is 5.56 Å². The summed E-state index contributed by atoms with van der Waals surface area (Å²) in [7, 11) is 0. The minimum Gasteiger partial charge on any atom is -0.374 e. The van der Waals surface area contributed by atoms with Gasteiger partial charge in [0.2, 0.25) is 5.95 Å². The summed E-state index contributed by atoms with van der Waals surface area (Å²) in [5.41, 5.74) is 2.03. The highest BCUT2D eigenvalue weighted by Crippen LogP contribution is 2.09. The predicted molar refractivity (Wildman–Crippen MR) is 78.1 cm³/mol. The van der Waals surface area contributed by atoms with Crippen LogP contribution in [0.1, 0.15) is 12.5 Å². The number of anilines is 1. The summed E-state index contributed by atoms with van der Waals surface area (Å²) in [5.74, 6) is 0.660. The van der Waals surface area contributed by atoms with Gasteiger partial charge in [-0.1, -0.05) is 13.0 Å². The fourth-order valence-electron chi connectivity index (χ4n) is 2.46. The fourth-order valence-corrected chi connectivity index (χ4v) is 2.46. The molecule has 0 saturated carbocycles. The average Bonchev–Trinajstić information content (AvgIpc) is 2.87. The van der Waals surface area contributed by atoms with Gasteiger partial charge in [0.1, 0.15) is 0 Å². The summed E-state index contributed by atoms with van der Waals surface area (Å²) in [6.45, 7) is 8.84. The van der Waals surface area contributed by atoms with Crippen molar-refractivity contribution in [2.24, 2.45) is 0 Å². The third-order valence-corrected chi connectivity index (χ3v) is 3.64. The Kier molecular flexibility index (Phi) is 3.84. The molecular formula is C14H21N5O. The number of aryl methyl sites for hydroxylation is 1. The van der Waals surface area contributed by atoms with Gasteiger partial charge >= 0.3 is 0 Å². The Labute approximate surface area is 118 Å². The Hall–Kier alpha value is -1.66. The molecule has 1 fully saturated rings. The third kappa shape index (κ3) is 2.91. The van der Waals surface area contributed by atoms with Crippen molar-refractivity contribution in [1.29, 1.82) is 0 Å². The first-order valence-corrected chi connectivity index (χ1v) is 7.15. The largest absolute Gasteiger partial charge is 0.374 e. The SMILES string of the molecule is CCN1CCOC(CNc2nc3ccc(C)cn3n2)C1. The second kappa shape index (κ2) is 5.76. The Morgan fingerprint density at radius 3 is 3.20 bits per heavy atom. The van der Waals surface area contributed by atoms with E-state index in [0.29, 0.717) is 5.95 Å². The van der Waals surface area contributed by atoms with E-state index in [9.17, 15) is 0 Å². The van der Waals surface area contributed by atoms with Crippen LogP contribution >= 0.6 is 0 Å². The fraction of sp³-hybridized carbons (Fsp3) is 0.571. The summed E-state index contributed by atoms with van der Waals surface area (Å²) in [6, 6.07) is 4.01. The van der Waals surface area contributed by atoms with Crippen molar-refractivity contribution in [3.63, 3.8) is 0 Å². The van der Waals surface area contributed by atoms with Crippen LogP contribution in [0.15, 0.2) is 18.3 Å². The molecule has 20 heavy (non-hydrogen) atoms. The summed E-state index contributed by atoms with van der Waals surface area (Å²) in [5, 5.41) is 7.70. The molecule has 1 unspecified atom stereocenters. The van der Waals surface area contributed by atoms with Crippen molar-refractivity contribution >= 4 is 11.6 Å². The van der Waals surface area contributed by atoms with Crippen LogP contribution in [0, 0.1) is 6.92 Å². The number of pyridine rings is 1. The molecule has 1 aliphatic heterocycles. The van der Waals surface area contributed by atoms with E-state index < -0.39 is 0 Å². The van der Waals surface area contributed by atoms with Crippen LogP contribution in [0.2, 0.25) is 0 Å². The molecular weight excluding hydrogens is 254 g/mol. The predicted octanol–water partition coefficient (Wildman–Crippen LogP) is 1.17. The van der Waals surface area contributed by atoms with Crippen molar-refractivity contribution < 1.29 is 4.74 Å². The van der Waals surface area contributed by atoms with Gasteiger partial charge in [0, 0.05) is 25.8 Å². The lowest BCUT2D eigenvalue weighted by atomic mass is 10.2. The molecule has 2 aromatic heterocycles. The summed E-state index contributed by atoms with van der Waals surface area (Å²) >= 11 is 0. The van der Waals surface area contributed by atoms with E-state index in [0.717, 1.165) is 38.4 Å². The molecule has 0 amide bonds. The van der Waals surface area contributed by atoms with E-state index in [4.69, 9.17) is 4.74 Å². The highest BCUT2D eigenvalue weighted by Gasteiger charge is 2.19. The highest BCUT2D eigenvalue weighted by atomic mass is 16.5. The monoisotopic (exact) mass is 275 g/mol. The maximum atomic E-state index is 5.76. The van der Waals surface area contributed by atoms with Crippen molar-refractivity contribution in [2.75, 3.05) is 38.1 Å². The van der Waals surface area contributed by atoms with Gasteiger partial charge in [-0.3, -0.25) is 4.90 Å². The molecule has 6 nitrogen and oxygen atoms in total. The maximum Gasteiger partial charge on any atom is 0.243 e. The second-order valence-corrected chi connectivity index (χ2v) is 5.21. The quantitative estimate of drug-likeness (QED) is 0.908. The highest BCUT2D eigenvalue weighted by molar-refractivity contribution is 5.44. The topological polar surface area (TPSA) is 54.7 Å². The minimum atomic E-state index is 0.206. The van der Waals surface area contributed by atoms with Crippen molar-refractivity contribution in [1.82, 2.24) is 19.5 Å². The molecule has 3 rings (SSSR count). The second-order valence-electron chi connectivity index (χ2n) is 5.21. The first-order valence-electron chi connectivity index (χ1n) is 7.15. The molecule has 0 aromatic carbocycles. The Balaban J connectivity index is 1.62. The number of fused-ring (bicyclic) bond motifs is 1. The van der Waals surface area contributed by atoms with Crippen LogP contribution in [-0.4, -0.2) is 58.4 Å². The molecule has 1 atom stereocenters. The zero-order valence-electron chi connectivity index (χ0n) is 12.0. The Bertz CT molecular complexity index is 582. The van der Waals surface area contributed by atoms with E-state index in [1.54, 1.807) is 4.52 Å². The number of likely N-dealkylation sites (N-methyl/N-ethyl adjacent to an activating group) is 1. The van der Waals surface area contributed by atoms with Crippen molar-refractivity contribution in [3.05, 3.63) is 23.9 Å². The zero-order valence-corrected chi connectivity index (χ0v) is 12.0. The molecule has 1 N–H and O–H groups in total. The zero-order chi connectivity index (χ0) is 13.9. The van der Waals surface area contributed by atoms with Gasteiger partial charge in [0.25, 0.3) is 0 Å². The van der Waals surface area contributed by atoms with Crippen molar-refractivity contribution in [3.8, 4) is 0 Å². The number of aromatic nitrogens is 3. The lowest BCUT2D eigenvalue weighted by Gasteiger charge is -2.31. The van der Waals surface area contributed by atoms with Crippen LogP contribution in [0.3, 0.4) is 0 Å². The number of rotatable bonds is 4. The molecule has 1 aliphatic rings. The van der Waals surface area contributed by atoms with Gasteiger partial charge in [-0.25, -0.2) is 4.52 Å². The Morgan fingerprint density at radius 2 is 2.35 bits per heavy atom. The van der Waals surface area contributed by atoms with Crippen LogP contribution in [0.4, 0.5) is 5.95 Å². The van der Waals surface area contributed by atoms with Gasteiger partial charge in [0.15, 0.2) is 5.65 Å². The number of ether oxygens (including phenoxy) is 1. The first kappa shape index (κ1) is 13.3. The van der Waals surface area contributed by atoms with Gasteiger partial charge < -0.3 is 10.1 Å². The van der Waals surface area contributed by atoms with E-state index >= 15 is 0 Å². The molecule has 1 saturated heterocycles. The molecule has 0 spiro atoms. The number of nitrogens with one attached hydrogen (secondary N) is 1. The van der Waals surface area contributed by atoms with Gasteiger partial charge in [0.05, 0.1) is 12.7 Å². The molecule has 6 heteroatoms. The molecule has 108 valence electrons. The Morgan fingerprint density at radius 1 is 1.45 bits per heavy atom. The first-order chi connectivity index (χ1) is 9.74. The summed E-state index contributed by atoms with van der Waals surface area (Å²) < 4.78 is 7.56. The van der Waals surface area contributed by atoms with Crippen LogP contribution in [0.25, 0.3) is 5.65 Å². The maximum absolute atomic E-state index is 5.76. The number of hydrogen-bond donors (Lipinski definition) is 1. The number of hydrogen-bond acceptors (Lipinski definition) is 5. The summed E-state index contributed by atoms with van der Waals surface area (Å²) in [6.07, 6.45) is 2.18. The normalized spacial score (nSPS) is 20.4. The molecule has 0 aliphatic carbocycles. The van der Waals surface area contributed by atoms with Gasteiger partial charge in [-0.2, -0.15) is 4.98 Å². The lowest BCUT2D eigenvalue weighted by molar-refractivity contribution is -0.0192. The van der Waals surface area contributed by atoms with E-state index in [2.05, 4.69) is 27.2 Å². The standard InChI is InChI=1S/C14H21N5O/c1-3-18-6-7-20-12(10-18)8-15-14-16-13-5-4-11(2)9-19(13)17-14/h4-5,9,12H,3,6-8,10H2,1-2H3,(H,15,17). The molecule has 3 heterocycles. The van der Waals surface area contributed by atoms with E-state index in [-0.39, 0.29) is 6.10 Å². The summed E-state index contributed by atoms with van der Waals surface area (Å²) in [4.78, 5) is 6.85. The molecule has 2 aromatic rings. The minimum absolute atomic E-state index is 0.206. The van der Waals surface area contributed by atoms with Crippen LogP contribution < -0.4 is 5.32 Å². The number of morpholine rings is 1.